The fourth-order valence-corrected chi connectivity index (χ4v) is 3.21. The van der Waals surface area contributed by atoms with E-state index in [0.29, 0.717) is 0 Å². The minimum Gasteiger partial charge on any atom is -0.504 e. The maximum Gasteiger partial charge on any atom is 0.229 e. The molecule has 1 aliphatic heterocycles. The molecular weight excluding hydrogens is 416 g/mol. The van der Waals surface area contributed by atoms with Gasteiger partial charge in [-0.1, -0.05) is 0 Å². The van der Waals surface area contributed by atoms with Gasteiger partial charge in [0.15, 0.2) is 28.4 Å². The number of hydrogen-bond donors (Lipinski definition) is 7. The van der Waals surface area contributed by atoms with Gasteiger partial charge in [0, 0.05) is 17.7 Å². The van der Waals surface area contributed by atoms with Crippen molar-refractivity contribution in [1.29, 1.82) is 0 Å². The largest absolute Gasteiger partial charge is 0.504 e. The first-order valence-corrected chi connectivity index (χ1v) is 9.05. The molecule has 1 saturated heterocycles. The van der Waals surface area contributed by atoms with Crippen molar-refractivity contribution in [2.75, 3.05) is 6.61 Å². The lowest BCUT2D eigenvalue weighted by Crippen LogP contribution is -2.54. The van der Waals surface area contributed by atoms with Crippen LogP contribution in [0, 0.1) is 0 Å². The Morgan fingerprint density at radius 1 is 0.903 bits per heavy atom. The summed E-state index contributed by atoms with van der Waals surface area (Å²) in [6.07, 6.45) is -6.17. The molecule has 4 atom stereocenters. The van der Waals surface area contributed by atoms with Gasteiger partial charge in [0.25, 0.3) is 0 Å². The zero-order valence-electron chi connectivity index (χ0n) is 15.7. The van der Waals surface area contributed by atoms with Gasteiger partial charge < -0.3 is 49.6 Å². The molecule has 0 bridgehead atoms. The van der Waals surface area contributed by atoms with Gasteiger partial charge in [0.1, 0.15) is 35.0 Å². The standard InChI is InChI=1S/C20H18O11/c21-8-2-1-7(3-9(8)22)13-4-10(23)15-14(30-13)5-11(24)19(17(15)27)31-20-18(28)16(26)12(25)6-29-20/h1-5,12,16,18,20-22,24-28H,6H2. The van der Waals surface area contributed by atoms with Crippen molar-refractivity contribution in [3.8, 4) is 40.1 Å². The summed E-state index contributed by atoms with van der Waals surface area (Å²) in [5.41, 5.74) is -0.676. The maximum atomic E-state index is 12.6. The van der Waals surface area contributed by atoms with Crippen LogP contribution in [0.3, 0.4) is 0 Å². The number of ether oxygens (including phenoxy) is 2. The number of aromatic hydroxyl groups is 4. The van der Waals surface area contributed by atoms with Crippen molar-refractivity contribution in [2.24, 2.45) is 0 Å². The molecular formula is C20H18O11. The van der Waals surface area contributed by atoms with E-state index in [1.54, 1.807) is 0 Å². The molecule has 1 fully saturated rings. The van der Waals surface area contributed by atoms with E-state index in [4.69, 9.17) is 13.9 Å². The molecule has 0 radical (unpaired) electrons. The van der Waals surface area contributed by atoms with E-state index in [-0.39, 0.29) is 34.6 Å². The van der Waals surface area contributed by atoms with Crippen molar-refractivity contribution in [1.82, 2.24) is 0 Å². The molecule has 1 aliphatic rings. The Labute approximate surface area is 173 Å². The van der Waals surface area contributed by atoms with Crippen molar-refractivity contribution < 1.29 is 49.6 Å². The van der Waals surface area contributed by atoms with Crippen LogP contribution in [0.1, 0.15) is 0 Å². The quantitative estimate of drug-likeness (QED) is 0.277. The van der Waals surface area contributed by atoms with E-state index in [0.717, 1.165) is 18.2 Å². The number of benzene rings is 2. The van der Waals surface area contributed by atoms with Crippen LogP contribution < -0.4 is 10.2 Å². The molecule has 4 rings (SSSR count). The Balaban J connectivity index is 1.76. The molecule has 0 amide bonds. The third-order valence-electron chi connectivity index (χ3n) is 4.88. The van der Waals surface area contributed by atoms with E-state index in [1.165, 1.54) is 12.1 Å². The Morgan fingerprint density at radius 2 is 1.65 bits per heavy atom. The number of fused-ring (bicyclic) bond motifs is 1. The lowest BCUT2D eigenvalue weighted by Gasteiger charge is -2.35. The lowest BCUT2D eigenvalue weighted by atomic mass is 10.1. The zero-order valence-corrected chi connectivity index (χ0v) is 15.7. The van der Waals surface area contributed by atoms with Gasteiger partial charge in [0.2, 0.25) is 12.0 Å². The van der Waals surface area contributed by atoms with Crippen molar-refractivity contribution in [2.45, 2.75) is 24.6 Å². The van der Waals surface area contributed by atoms with Gasteiger partial charge in [-0.05, 0) is 18.2 Å². The Bertz CT molecular complexity index is 1200. The summed E-state index contributed by atoms with van der Waals surface area (Å²) in [5, 5.41) is 68.8. The summed E-state index contributed by atoms with van der Waals surface area (Å²) < 4.78 is 15.9. The van der Waals surface area contributed by atoms with Gasteiger partial charge in [-0.3, -0.25) is 4.79 Å². The average Bonchev–Trinajstić information content (AvgIpc) is 2.72. The van der Waals surface area contributed by atoms with E-state index in [1.807, 2.05) is 0 Å². The van der Waals surface area contributed by atoms with E-state index < -0.39 is 53.0 Å². The molecule has 31 heavy (non-hydrogen) atoms. The Morgan fingerprint density at radius 3 is 2.35 bits per heavy atom. The fourth-order valence-electron chi connectivity index (χ4n) is 3.21. The van der Waals surface area contributed by atoms with E-state index >= 15 is 0 Å². The predicted molar refractivity (Wildman–Crippen MR) is 103 cm³/mol. The number of phenols is 4. The third-order valence-corrected chi connectivity index (χ3v) is 4.88. The lowest BCUT2D eigenvalue weighted by molar-refractivity contribution is -0.242. The Hall–Kier alpha value is -3.51. The molecule has 2 aromatic carbocycles. The molecule has 11 heteroatoms. The molecule has 3 aromatic rings. The van der Waals surface area contributed by atoms with Crippen LogP contribution in [0.4, 0.5) is 0 Å². The minimum absolute atomic E-state index is 0.0107. The van der Waals surface area contributed by atoms with E-state index in [9.17, 15) is 40.5 Å². The van der Waals surface area contributed by atoms with Crippen LogP contribution in [0.25, 0.3) is 22.3 Å². The third kappa shape index (κ3) is 3.59. The molecule has 4 unspecified atom stereocenters. The first kappa shape index (κ1) is 20.8. The smallest absolute Gasteiger partial charge is 0.229 e. The molecule has 0 aliphatic carbocycles. The monoisotopic (exact) mass is 434 g/mol. The summed E-state index contributed by atoms with van der Waals surface area (Å²) in [5.74, 6) is -2.86. The maximum absolute atomic E-state index is 12.6. The van der Waals surface area contributed by atoms with Crippen molar-refractivity contribution in [3.63, 3.8) is 0 Å². The highest BCUT2D eigenvalue weighted by molar-refractivity contribution is 5.89. The fraction of sp³-hybridized carbons (Fsp3) is 0.250. The van der Waals surface area contributed by atoms with Crippen LogP contribution in [0.2, 0.25) is 0 Å². The van der Waals surface area contributed by atoms with Gasteiger partial charge in [-0.2, -0.15) is 0 Å². The molecule has 2 heterocycles. The normalized spacial score (nSPS) is 23.7. The summed E-state index contributed by atoms with van der Waals surface area (Å²) in [6, 6.07) is 5.77. The van der Waals surface area contributed by atoms with Crippen LogP contribution in [0.15, 0.2) is 39.5 Å². The Kier molecular flexibility index (Phi) is 5.11. The molecule has 0 spiro atoms. The highest BCUT2D eigenvalue weighted by Gasteiger charge is 2.40. The average molecular weight is 434 g/mol. The SMILES string of the molecule is O=c1cc(-c2ccc(O)c(O)c2)oc2cc(O)c(OC3OCC(O)C(O)C3O)c(O)c12. The second kappa shape index (κ2) is 7.63. The summed E-state index contributed by atoms with van der Waals surface area (Å²) in [6.45, 7) is -0.372. The second-order valence-electron chi connectivity index (χ2n) is 6.99. The minimum atomic E-state index is -1.70. The van der Waals surface area contributed by atoms with Crippen molar-refractivity contribution in [3.05, 3.63) is 40.6 Å². The number of aliphatic hydroxyl groups excluding tert-OH is 3. The molecule has 164 valence electrons. The van der Waals surface area contributed by atoms with Crippen LogP contribution >= 0.6 is 0 Å². The van der Waals surface area contributed by atoms with E-state index in [2.05, 4.69) is 0 Å². The highest BCUT2D eigenvalue weighted by Crippen LogP contribution is 2.43. The topological polar surface area (TPSA) is 190 Å². The number of aliphatic hydroxyl groups is 3. The summed E-state index contributed by atoms with van der Waals surface area (Å²) >= 11 is 0. The van der Waals surface area contributed by atoms with Crippen molar-refractivity contribution >= 4 is 11.0 Å². The van der Waals surface area contributed by atoms with Crippen LogP contribution in [-0.4, -0.2) is 67.0 Å². The molecule has 0 saturated carbocycles. The molecule has 1 aromatic heterocycles. The summed E-state index contributed by atoms with van der Waals surface area (Å²) in [7, 11) is 0. The van der Waals surface area contributed by atoms with Gasteiger partial charge in [0.05, 0.1) is 6.61 Å². The first-order valence-electron chi connectivity index (χ1n) is 9.05. The summed E-state index contributed by atoms with van der Waals surface area (Å²) in [4.78, 5) is 12.6. The molecule has 11 nitrogen and oxygen atoms in total. The van der Waals surface area contributed by atoms with Gasteiger partial charge >= 0.3 is 0 Å². The second-order valence-corrected chi connectivity index (χ2v) is 6.99. The zero-order chi connectivity index (χ0) is 22.4. The molecule has 7 N–H and O–H groups in total. The van der Waals surface area contributed by atoms with Crippen LogP contribution in [-0.2, 0) is 4.74 Å². The number of hydrogen-bond acceptors (Lipinski definition) is 11. The number of rotatable bonds is 3. The first-order chi connectivity index (χ1) is 14.7. The van der Waals surface area contributed by atoms with Gasteiger partial charge in [-0.15, -0.1) is 0 Å². The van der Waals surface area contributed by atoms with Gasteiger partial charge in [-0.25, -0.2) is 0 Å². The predicted octanol–water partition coefficient (Wildman–Crippen LogP) is 0.100. The number of phenolic OH excluding ortho intramolecular Hbond substituents is 4. The highest BCUT2D eigenvalue weighted by atomic mass is 16.7. The van der Waals surface area contributed by atoms with Crippen LogP contribution in [0.5, 0.6) is 28.7 Å².